The zero-order valence-corrected chi connectivity index (χ0v) is 17.8. The Hall–Kier alpha value is -2.44. The van der Waals surface area contributed by atoms with Crippen molar-refractivity contribution in [2.24, 2.45) is 0 Å². The molecule has 1 heterocycles. The lowest BCUT2D eigenvalue weighted by atomic mass is 10.0. The van der Waals surface area contributed by atoms with E-state index in [1.165, 1.54) is 24.7 Å². The van der Waals surface area contributed by atoms with Gasteiger partial charge in [-0.15, -0.1) is 0 Å². The van der Waals surface area contributed by atoms with Crippen molar-refractivity contribution in [1.82, 2.24) is 5.32 Å². The molecule has 2 aromatic rings. The van der Waals surface area contributed by atoms with Crippen LogP contribution in [-0.4, -0.2) is 46.4 Å². The average Bonchev–Trinajstić information content (AvgIpc) is 2.75. The smallest absolute Gasteiger partial charge is 0.255 e. The third kappa shape index (κ3) is 5.14. The molecular formula is C22H28ClN2O4+. The van der Waals surface area contributed by atoms with Crippen LogP contribution in [0.5, 0.6) is 17.2 Å². The Bertz CT molecular complexity index is 833. The number of piperidine rings is 1. The van der Waals surface area contributed by atoms with Gasteiger partial charge >= 0.3 is 0 Å². The Morgan fingerprint density at radius 1 is 1.00 bits per heavy atom. The number of quaternary nitrogens is 1. The molecule has 0 spiro atoms. The number of hydrogen-bond donors (Lipinski definition) is 2. The lowest BCUT2D eigenvalue weighted by Crippen LogP contribution is -3.12. The summed E-state index contributed by atoms with van der Waals surface area (Å²) in [5.74, 6) is 1.17. The third-order valence-corrected chi connectivity index (χ3v) is 5.60. The van der Waals surface area contributed by atoms with E-state index in [2.05, 4.69) is 17.4 Å². The molecule has 0 aromatic heterocycles. The largest absolute Gasteiger partial charge is 0.493 e. The molecule has 1 aliphatic heterocycles. The molecule has 0 aliphatic carbocycles. The Morgan fingerprint density at radius 3 is 2.24 bits per heavy atom. The number of ether oxygens (including phenoxy) is 3. The van der Waals surface area contributed by atoms with Crippen LogP contribution in [0, 0.1) is 0 Å². The molecule has 29 heavy (non-hydrogen) atoms. The van der Waals surface area contributed by atoms with E-state index in [4.69, 9.17) is 25.8 Å². The van der Waals surface area contributed by atoms with Gasteiger partial charge in [-0.05, 0) is 24.3 Å². The first-order valence-corrected chi connectivity index (χ1v) is 10.1. The van der Waals surface area contributed by atoms with Crippen molar-refractivity contribution < 1.29 is 23.9 Å². The van der Waals surface area contributed by atoms with Gasteiger partial charge < -0.3 is 24.4 Å². The summed E-state index contributed by atoms with van der Waals surface area (Å²) >= 11 is 5.96. The van der Waals surface area contributed by atoms with Gasteiger partial charge in [0.1, 0.15) is 6.54 Å². The molecule has 3 rings (SSSR count). The summed E-state index contributed by atoms with van der Waals surface area (Å²) in [7, 11) is 4.60. The molecule has 0 saturated carbocycles. The van der Waals surface area contributed by atoms with Crippen LogP contribution in [0.15, 0.2) is 36.4 Å². The fraction of sp³-hybridized carbons (Fsp3) is 0.409. The molecule has 156 valence electrons. The molecule has 2 N–H and O–H groups in total. The molecule has 1 fully saturated rings. The number of hydrogen-bond acceptors (Lipinski definition) is 4. The summed E-state index contributed by atoms with van der Waals surface area (Å²) in [6.45, 7) is 2.99. The van der Waals surface area contributed by atoms with E-state index in [1.54, 1.807) is 19.2 Å². The van der Waals surface area contributed by atoms with Gasteiger partial charge in [0.2, 0.25) is 5.75 Å². The third-order valence-electron chi connectivity index (χ3n) is 5.34. The highest BCUT2D eigenvalue weighted by Gasteiger charge is 2.26. The van der Waals surface area contributed by atoms with Crippen LogP contribution in [0.3, 0.4) is 0 Å². The van der Waals surface area contributed by atoms with Crippen LogP contribution in [0.4, 0.5) is 0 Å². The fourth-order valence-corrected chi connectivity index (χ4v) is 3.91. The topological polar surface area (TPSA) is 61.2 Å². The Balaban J connectivity index is 1.59. The summed E-state index contributed by atoms with van der Waals surface area (Å²) in [5, 5.41) is 3.90. The molecule has 7 heteroatoms. The highest BCUT2D eigenvalue weighted by Crippen LogP contribution is 2.39. The van der Waals surface area contributed by atoms with Crippen LogP contribution in [0.2, 0.25) is 5.02 Å². The molecule has 6 nitrogen and oxygen atoms in total. The molecule has 1 saturated heterocycles. The summed E-state index contributed by atoms with van der Waals surface area (Å²) in [6, 6.07) is 11.6. The number of methoxy groups -OCH3 is 3. The van der Waals surface area contributed by atoms with Gasteiger partial charge in [-0.25, -0.2) is 0 Å². The minimum absolute atomic E-state index is 0.147. The molecule has 2 aromatic carbocycles. The Kier molecular flexibility index (Phi) is 7.23. The van der Waals surface area contributed by atoms with Crippen LogP contribution >= 0.6 is 11.6 Å². The molecule has 0 bridgehead atoms. The second-order valence-corrected chi connectivity index (χ2v) is 7.62. The number of likely N-dealkylation sites (tertiary alicyclic amines) is 1. The number of halogens is 1. The average molecular weight is 420 g/mol. The van der Waals surface area contributed by atoms with E-state index in [0.29, 0.717) is 22.8 Å². The van der Waals surface area contributed by atoms with E-state index >= 15 is 0 Å². The monoisotopic (exact) mass is 419 g/mol. The van der Waals surface area contributed by atoms with E-state index in [9.17, 15) is 4.79 Å². The fourth-order valence-electron chi connectivity index (χ4n) is 3.78. The number of nitrogens with one attached hydrogen (secondary N) is 2. The van der Waals surface area contributed by atoms with Crippen LogP contribution < -0.4 is 24.4 Å². The quantitative estimate of drug-likeness (QED) is 0.723. The van der Waals surface area contributed by atoms with Crippen molar-refractivity contribution in [2.75, 3.05) is 34.4 Å². The lowest BCUT2D eigenvalue weighted by molar-refractivity contribution is -0.918. The molecular weight excluding hydrogens is 392 g/mol. The lowest BCUT2D eigenvalue weighted by Gasteiger charge is -2.30. The van der Waals surface area contributed by atoms with Crippen LogP contribution in [0.25, 0.3) is 0 Å². The number of benzene rings is 2. The van der Waals surface area contributed by atoms with Crippen LogP contribution in [-0.2, 0) is 6.54 Å². The number of rotatable bonds is 7. The molecule has 0 atom stereocenters. The standard InChI is InChI=1S/C22H27ClN2O4/c1-27-19-9-8-18(20(28-2)21(19)29-3)22(26)24-17-10-12-25(13-11-17)14-15-4-6-16(23)7-5-15/h4-9,17H,10-14H2,1-3H3,(H,24,26)/p+1. The maximum atomic E-state index is 12.9. The predicted molar refractivity (Wildman–Crippen MR) is 112 cm³/mol. The number of amides is 1. The van der Waals surface area contributed by atoms with Gasteiger partial charge in [0, 0.05) is 29.5 Å². The zero-order valence-electron chi connectivity index (χ0n) is 17.1. The van der Waals surface area contributed by atoms with Crippen molar-refractivity contribution >= 4 is 17.5 Å². The van der Waals surface area contributed by atoms with E-state index in [1.807, 2.05) is 12.1 Å². The van der Waals surface area contributed by atoms with Gasteiger partial charge in [0.05, 0.1) is 40.0 Å². The summed E-state index contributed by atoms with van der Waals surface area (Å²) in [5.41, 5.74) is 1.73. The number of carbonyl (C=O) groups is 1. The Labute approximate surface area is 176 Å². The summed E-state index contributed by atoms with van der Waals surface area (Å²) in [4.78, 5) is 14.4. The Morgan fingerprint density at radius 2 is 1.66 bits per heavy atom. The SMILES string of the molecule is COc1ccc(C(=O)NC2CC[NH+](Cc3ccc(Cl)cc3)CC2)c(OC)c1OC. The maximum Gasteiger partial charge on any atom is 0.255 e. The van der Waals surface area contributed by atoms with Gasteiger partial charge in [-0.3, -0.25) is 4.79 Å². The van der Waals surface area contributed by atoms with Crippen molar-refractivity contribution in [1.29, 1.82) is 0 Å². The van der Waals surface area contributed by atoms with Gasteiger partial charge in [0.25, 0.3) is 5.91 Å². The van der Waals surface area contributed by atoms with Gasteiger partial charge in [0.15, 0.2) is 11.5 Å². The highest BCUT2D eigenvalue weighted by molar-refractivity contribution is 6.30. The molecule has 1 aliphatic rings. The predicted octanol–water partition coefficient (Wildman–Crippen LogP) is 2.34. The summed E-state index contributed by atoms with van der Waals surface area (Å²) < 4.78 is 16.1. The first-order chi connectivity index (χ1) is 14.0. The molecule has 1 amide bonds. The van der Waals surface area contributed by atoms with E-state index < -0.39 is 0 Å². The van der Waals surface area contributed by atoms with E-state index in [0.717, 1.165) is 37.5 Å². The van der Waals surface area contributed by atoms with Crippen LogP contribution in [0.1, 0.15) is 28.8 Å². The summed E-state index contributed by atoms with van der Waals surface area (Å²) in [6.07, 6.45) is 1.87. The van der Waals surface area contributed by atoms with Gasteiger partial charge in [-0.2, -0.15) is 0 Å². The first-order valence-electron chi connectivity index (χ1n) is 9.73. The first kappa shape index (κ1) is 21.3. The van der Waals surface area contributed by atoms with Crippen molar-refractivity contribution in [3.8, 4) is 17.2 Å². The minimum Gasteiger partial charge on any atom is -0.493 e. The van der Waals surface area contributed by atoms with Crippen molar-refractivity contribution in [3.05, 3.63) is 52.5 Å². The zero-order chi connectivity index (χ0) is 20.8. The number of carbonyl (C=O) groups excluding carboxylic acids is 1. The van der Waals surface area contributed by atoms with Gasteiger partial charge in [-0.1, -0.05) is 23.7 Å². The van der Waals surface area contributed by atoms with Crippen molar-refractivity contribution in [2.45, 2.75) is 25.4 Å². The molecule has 0 unspecified atom stereocenters. The van der Waals surface area contributed by atoms with E-state index in [-0.39, 0.29) is 11.9 Å². The molecule has 0 radical (unpaired) electrons. The normalized spacial score (nSPS) is 18.8. The minimum atomic E-state index is -0.158. The second-order valence-electron chi connectivity index (χ2n) is 7.18. The van der Waals surface area contributed by atoms with Crippen molar-refractivity contribution in [3.63, 3.8) is 0 Å². The highest BCUT2D eigenvalue weighted by atomic mass is 35.5. The maximum absolute atomic E-state index is 12.9. The second kappa shape index (κ2) is 9.85.